The zero-order valence-electron chi connectivity index (χ0n) is 3.70. The normalized spacial score (nSPS) is 7.33. The first-order valence-corrected chi connectivity index (χ1v) is 1.85. The van der Waals surface area contributed by atoms with Crippen LogP contribution in [-0.2, 0) is 0 Å². The molecule has 0 rings (SSSR count). The van der Waals surface area contributed by atoms with E-state index in [0.717, 1.165) is 13.0 Å². The molecule has 1 nitrogen and oxygen atoms in total. The van der Waals surface area contributed by atoms with Crippen molar-refractivity contribution >= 4 is 0 Å². The van der Waals surface area contributed by atoms with Gasteiger partial charge in [0, 0.05) is 20.0 Å². The lowest BCUT2D eigenvalue weighted by molar-refractivity contribution is 0.862. The van der Waals surface area contributed by atoms with Gasteiger partial charge >= 0.3 is 0 Å². The molecule has 0 unspecified atom stereocenters. The van der Waals surface area contributed by atoms with Crippen molar-refractivity contribution in [3.63, 3.8) is 0 Å². The third-order valence-electron chi connectivity index (χ3n) is 0.446. The van der Waals surface area contributed by atoms with Crippen LogP contribution in [0.15, 0.2) is 0 Å². The van der Waals surface area contributed by atoms with Gasteiger partial charge in [0.25, 0.3) is 0 Å². The van der Waals surface area contributed by atoms with Crippen LogP contribution >= 0.6 is 0 Å². The van der Waals surface area contributed by atoms with E-state index in [0.29, 0.717) is 0 Å². The summed E-state index contributed by atoms with van der Waals surface area (Å²) in [5, 5.41) is 2.68. The van der Waals surface area contributed by atoms with Crippen LogP contribution in [0, 0.1) is 19.4 Å². The Bertz CT molecular complexity index is 51.4. The molecule has 0 bridgehead atoms. The molecular formula is C5H8N. The molecule has 0 heterocycles. The first kappa shape index (κ1) is 5.52. The summed E-state index contributed by atoms with van der Waals surface area (Å²) in [5.41, 5.74) is 0. The van der Waals surface area contributed by atoms with E-state index in [1.807, 2.05) is 0 Å². The van der Waals surface area contributed by atoms with Crippen LogP contribution in [0.1, 0.15) is 6.42 Å². The predicted octanol–water partition coefficient (Wildman–Crippen LogP) is 0.391. The average molecular weight is 82.1 g/mol. The van der Waals surface area contributed by atoms with Gasteiger partial charge in [-0.2, -0.15) is 0 Å². The molecular weight excluding hydrogens is 74.1 g/mol. The minimum atomic E-state index is 0.767. The van der Waals surface area contributed by atoms with Gasteiger partial charge in [-0.15, -0.1) is 12.3 Å². The minimum absolute atomic E-state index is 0.767. The van der Waals surface area contributed by atoms with Crippen molar-refractivity contribution in [2.45, 2.75) is 6.42 Å². The van der Waals surface area contributed by atoms with Crippen LogP contribution in [-0.4, -0.2) is 6.54 Å². The molecule has 0 amide bonds. The molecule has 33 valence electrons. The Balaban J connectivity index is 2.54. The molecule has 0 atom stereocenters. The largest absolute Gasteiger partial charge is 0.315 e. The highest BCUT2D eigenvalue weighted by molar-refractivity contribution is 4.83. The Kier molecular flexibility index (Phi) is 4.16. The van der Waals surface area contributed by atoms with Gasteiger partial charge in [-0.25, -0.2) is 0 Å². The first-order chi connectivity index (χ1) is 2.91. The molecule has 0 spiro atoms. The zero-order chi connectivity index (χ0) is 4.83. The summed E-state index contributed by atoms with van der Waals surface area (Å²) in [7, 11) is 3.38. The molecule has 1 heteroatoms. The van der Waals surface area contributed by atoms with Gasteiger partial charge in [-0.1, -0.05) is 0 Å². The molecule has 0 aliphatic rings. The zero-order valence-corrected chi connectivity index (χ0v) is 3.70. The highest BCUT2D eigenvalue weighted by Gasteiger charge is 1.69. The monoisotopic (exact) mass is 82.1 g/mol. The van der Waals surface area contributed by atoms with Gasteiger partial charge < -0.3 is 5.32 Å². The number of hydrogen-bond acceptors (Lipinski definition) is 1. The van der Waals surface area contributed by atoms with Crippen molar-refractivity contribution in [3.05, 3.63) is 7.05 Å². The third kappa shape index (κ3) is 3.52. The van der Waals surface area contributed by atoms with Crippen molar-refractivity contribution in [1.29, 1.82) is 0 Å². The lowest BCUT2D eigenvalue weighted by Gasteiger charge is -1.84. The van der Waals surface area contributed by atoms with Gasteiger partial charge in [0.2, 0.25) is 0 Å². The molecule has 0 saturated carbocycles. The molecule has 1 N–H and O–H groups in total. The maximum Gasteiger partial charge on any atom is 0.0211 e. The second kappa shape index (κ2) is 4.52. The maximum atomic E-state index is 4.90. The summed E-state index contributed by atoms with van der Waals surface area (Å²) in [5.74, 6) is 2.47. The van der Waals surface area contributed by atoms with Crippen molar-refractivity contribution in [3.8, 4) is 12.3 Å². The van der Waals surface area contributed by atoms with Crippen molar-refractivity contribution < 1.29 is 0 Å². The fourth-order valence-corrected chi connectivity index (χ4v) is 0.161. The molecule has 0 aromatic rings. The summed E-state index contributed by atoms with van der Waals surface area (Å²) in [6.07, 6.45) is 5.66. The third-order valence-corrected chi connectivity index (χ3v) is 0.446. The minimum Gasteiger partial charge on any atom is -0.315 e. The number of hydrogen-bond donors (Lipinski definition) is 1. The van der Waals surface area contributed by atoms with E-state index in [1.54, 1.807) is 0 Å². The lowest BCUT2D eigenvalue weighted by atomic mass is 10.4. The van der Waals surface area contributed by atoms with E-state index < -0.39 is 0 Å². The van der Waals surface area contributed by atoms with Crippen LogP contribution in [0.5, 0.6) is 0 Å². The van der Waals surface area contributed by atoms with Crippen molar-refractivity contribution in [1.82, 2.24) is 5.32 Å². The van der Waals surface area contributed by atoms with E-state index in [9.17, 15) is 0 Å². The molecule has 0 aromatic carbocycles. The Labute approximate surface area is 38.7 Å². The van der Waals surface area contributed by atoms with E-state index >= 15 is 0 Å². The molecule has 1 radical (unpaired) electrons. The van der Waals surface area contributed by atoms with E-state index in [4.69, 9.17) is 6.42 Å². The first-order valence-electron chi connectivity index (χ1n) is 1.85. The molecule has 0 aliphatic carbocycles. The molecule has 6 heavy (non-hydrogen) atoms. The SMILES string of the molecule is C#CCCN[CH2]. The van der Waals surface area contributed by atoms with E-state index in [1.165, 1.54) is 0 Å². The van der Waals surface area contributed by atoms with Gasteiger partial charge in [-0.3, -0.25) is 0 Å². The Hall–Kier alpha value is -0.480. The molecule has 0 aromatic heterocycles. The van der Waals surface area contributed by atoms with Crippen LogP contribution in [0.25, 0.3) is 0 Å². The molecule has 0 fully saturated rings. The van der Waals surface area contributed by atoms with Gasteiger partial charge in [-0.05, 0) is 0 Å². The van der Waals surface area contributed by atoms with Crippen LogP contribution < -0.4 is 5.32 Å². The summed E-state index contributed by atoms with van der Waals surface area (Å²) >= 11 is 0. The van der Waals surface area contributed by atoms with Gasteiger partial charge in [0.1, 0.15) is 0 Å². The standard InChI is InChI=1S/C5H8N/c1-3-4-5-6-2/h1,6H,2,4-5H2. The summed E-state index contributed by atoms with van der Waals surface area (Å²) in [4.78, 5) is 0. The predicted molar refractivity (Wildman–Crippen MR) is 26.8 cm³/mol. The Morgan fingerprint density at radius 1 is 1.83 bits per heavy atom. The molecule has 0 aliphatic heterocycles. The second-order valence-electron chi connectivity index (χ2n) is 0.954. The molecule has 0 saturated heterocycles. The van der Waals surface area contributed by atoms with Crippen molar-refractivity contribution in [2.24, 2.45) is 0 Å². The Morgan fingerprint density at radius 2 is 2.50 bits per heavy atom. The highest BCUT2D eigenvalue weighted by atomic mass is 14.8. The van der Waals surface area contributed by atoms with Gasteiger partial charge in [0.05, 0.1) is 0 Å². The fraction of sp³-hybridized carbons (Fsp3) is 0.400. The fourth-order valence-electron chi connectivity index (χ4n) is 0.161. The topological polar surface area (TPSA) is 12.0 Å². The number of terminal acetylenes is 1. The highest BCUT2D eigenvalue weighted by Crippen LogP contribution is 1.64. The smallest absolute Gasteiger partial charge is 0.0211 e. The summed E-state index contributed by atoms with van der Waals surface area (Å²) in [6.45, 7) is 0.816. The van der Waals surface area contributed by atoms with Gasteiger partial charge in [0.15, 0.2) is 0 Å². The van der Waals surface area contributed by atoms with E-state index in [2.05, 4.69) is 18.3 Å². The van der Waals surface area contributed by atoms with Crippen LogP contribution in [0.3, 0.4) is 0 Å². The Morgan fingerprint density at radius 3 is 2.67 bits per heavy atom. The van der Waals surface area contributed by atoms with E-state index in [-0.39, 0.29) is 0 Å². The number of rotatable bonds is 2. The van der Waals surface area contributed by atoms with Crippen LogP contribution in [0.2, 0.25) is 0 Å². The number of nitrogens with one attached hydrogen (secondary N) is 1. The maximum absolute atomic E-state index is 4.90. The van der Waals surface area contributed by atoms with Crippen LogP contribution in [0.4, 0.5) is 0 Å². The quantitative estimate of drug-likeness (QED) is 0.375. The average Bonchev–Trinajstić information content (AvgIpc) is 1.61. The summed E-state index contributed by atoms with van der Waals surface area (Å²) < 4.78 is 0. The van der Waals surface area contributed by atoms with Crippen molar-refractivity contribution in [2.75, 3.05) is 6.54 Å². The second-order valence-corrected chi connectivity index (χ2v) is 0.954. The lowest BCUT2D eigenvalue weighted by Crippen LogP contribution is -2.02. The summed E-state index contributed by atoms with van der Waals surface area (Å²) in [6, 6.07) is 0.